The maximum Gasteiger partial charge on any atom is 0.306 e. The molecule has 6 rings (SSSR count). The zero-order valence-electron chi connectivity index (χ0n) is 23.7. The third-order valence-corrected chi connectivity index (χ3v) is 8.79. The Labute approximate surface area is 235 Å². The molecule has 40 heavy (non-hydrogen) atoms. The minimum atomic E-state index is -0.382. The summed E-state index contributed by atoms with van der Waals surface area (Å²) in [5, 5.41) is 0. The van der Waals surface area contributed by atoms with E-state index in [2.05, 4.69) is 32.9 Å². The summed E-state index contributed by atoms with van der Waals surface area (Å²) in [7, 11) is 1.39. The Morgan fingerprint density at radius 3 is 2.52 bits per heavy atom. The monoisotopic (exact) mass is 544 g/mol. The second-order valence-electron chi connectivity index (χ2n) is 11.7. The summed E-state index contributed by atoms with van der Waals surface area (Å²) in [6, 6.07) is 13.4. The van der Waals surface area contributed by atoms with Gasteiger partial charge in [0.2, 0.25) is 0 Å². The van der Waals surface area contributed by atoms with Gasteiger partial charge in [0.05, 0.1) is 26.2 Å². The molecular weight excluding hydrogens is 507 g/mol. The van der Waals surface area contributed by atoms with E-state index in [-0.39, 0.29) is 36.3 Å². The van der Waals surface area contributed by atoms with Crippen LogP contribution in [0.4, 0.5) is 4.39 Å². The first-order valence-corrected chi connectivity index (χ1v) is 14.4. The number of carbonyl (C=O) groups is 1. The van der Waals surface area contributed by atoms with Gasteiger partial charge in [0.15, 0.2) is 0 Å². The summed E-state index contributed by atoms with van der Waals surface area (Å²) >= 11 is 0. The van der Waals surface area contributed by atoms with Gasteiger partial charge >= 0.3 is 5.97 Å². The van der Waals surface area contributed by atoms with Crippen molar-refractivity contribution in [1.82, 2.24) is 0 Å². The van der Waals surface area contributed by atoms with Crippen LogP contribution in [-0.4, -0.2) is 25.8 Å². The van der Waals surface area contributed by atoms with Gasteiger partial charge in [-0.05, 0) is 104 Å². The quantitative estimate of drug-likeness (QED) is 0.284. The van der Waals surface area contributed by atoms with E-state index in [0.717, 1.165) is 64.3 Å². The largest absolute Gasteiger partial charge is 0.492 e. The fraction of sp³-hybridized carbons (Fsp3) is 0.441. The highest BCUT2D eigenvalue weighted by Crippen LogP contribution is 2.45. The van der Waals surface area contributed by atoms with Crippen molar-refractivity contribution in [3.63, 3.8) is 0 Å². The molecule has 0 bridgehead atoms. The average Bonchev–Trinajstić information content (AvgIpc) is 3.64. The number of benzene rings is 3. The molecule has 0 N–H and O–H groups in total. The molecule has 2 unspecified atom stereocenters. The molecule has 6 heteroatoms. The molecule has 3 aliphatic rings. The average molecular weight is 545 g/mol. The Kier molecular flexibility index (Phi) is 7.20. The molecule has 210 valence electrons. The smallest absolute Gasteiger partial charge is 0.306 e. The first kappa shape index (κ1) is 26.7. The van der Waals surface area contributed by atoms with E-state index >= 15 is 4.39 Å². The van der Waals surface area contributed by atoms with Crippen LogP contribution in [0.25, 0.3) is 11.1 Å². The van der Waals surface area contributed by atoms with Gasteiger partial charge in [-0.15, -0.1) is 0 Å². The van der Waals surface area contributed by atoms with Crippen LogP contribution in [0, 0.1) is 25.6 Å². The summed E-state index contributed by atoms with van der Waals surface area (Å²) in [6.45, 7) is 6.95. The first-order chi connectivity index (χ1) is 19.3. The van der Waals surface area contributed by atoms with Gasteiger partial charge in [0, 0.05) is 23.1 Å². The molecule has 1 saturated carbocycles. The molecule has 0 spiro atoms. The Morgan fingerprint density at radius 1 is 1.00 bits per heavy atom. The summed E-state index contributed by atoms with van der Waals surface area (Å²) in [5.41, 5.74) is 7.12. The maximum absolute atomic E-state index is 15.3. The van der Waals surface area contributed by atoms with Crippen molar-refractivity contribution < 1.29 is 28.1 Å². The molecule has 4 atom stereocenters. The van der Waals surface area contributed by atoms with E-state index in [4.69, 9.17) is 18.9 Å². The van der Waals surface area contributed by atoms with E-state index in [1.807, 2.05) is 24.3 Å². The predicted octanol–water partition coefficient (Wildman–Crippen LogP) is 7.78. The Hall–Kier alpha value is -3.54. The van der Waals surface area contributed by atoms with Crippen LogP contribution in [0.3, 0.4) is 0 Å². The first-order valence-electron chi connectivity index (χ1n) is 14.4. The summed E-state index contributed by atoms with van der Waals surface area (Å²) in [5.74, 6) is 2.46. The lowest BCUT2D eigenvalue weighted by molar-refractivity contribution is -0.141. The molecule has 3 aromatic rings. The van der Waals surface area contributed by atoms with E-state index in [0.29, 0.717) is 30.1 Å². The van der Waals surface area contributed by atoms with Crippen LogP contribution in [-0.2, 0) is 16.0 Å². The molecule has 3 aromatic carbocycles. The molecule has 1 fully saturated rings. The Balaban J connectivity index is 1.24. The molecule has 0 aromatic heterocycles. The summed E-state index contributed by atoms with van der Waals surface area (Å²) < 4.78 is 38.7. The normalized spacial score (nSPS) is 22.9. The third kappa shape index (κ3) is 5.04. The highest BCUT2D eigenvalue weighted by molar-refractivity contribution is 5.76. The molecule has 1 heterocycles. The Bertz CT molecular complexity index is 1420. The van der Waals surface area contributed by atoms with E-state index in [9.17, 15) is 4.79 Å². The van der Waals surface area contributed by atoms with Crippen LogP contribution in [0.2, 0.25) is 0 Å². The molecular formula is C34H37FO5. The number of aryl methyl sites for hydroxylation is 2. The second kappa shape index (κ2) is 10.8. The minimum absolute atomic E-state index is 0.0336. The van der Waals surface area contributed by atoms with Crippen LogP contribution in [0.5, 0.6) is 17.2 Å². The number of halogens is 1. The third-order valence-electron chi connectivity index (χ3n) is 8.79. The van der Waals surface area contributed by atoms with Crippen LogP contribution >= 0.6 is 0 Å². The van der Waals surface area contributed by atoms with Crippen molar-refractivity contribution in [2.75, 3.05) is 13.7 Å². The maximum atomic E-state index is 15.3. The molecule has 0 amide bonds. The lowest BCUT2D eigenvalue weighted by atomic mass is 9.90. The van der Waals surface area contributed by atoms with Crippen LogP contribution in [0.15, 0.2) is 42.5 Å². The molecule has 5 nitrogen and oxygen atoms in total. The van der Waals surface area contributed by atoms with Gasteiger partial charge in [-0.1, -0.05) is 19.1 Å². The fourth-order valence-corrected chi connectivity index (χ4v) is 6.84. The number of rotatable bonds is 7. The van der Waals surface area contributed by atoms with Crippen molar-refractivity contribution in [2.45, 2.75) is 77.4 Å². The zero-order chi connectivity index (χ0) is 28.0. The van der Waals surface area contributed by atoms with Gasteiger partial charge in [0.1, 0.15) is 29.2 Å². The number of esters is 1. The van der Waals surface area contributed by atoms with Crippen molar-refractivity contribution in [2.24, 2.45) is 5.92 Å². The van der Waals surface area contributed by atoms with Crippen LogP contribution < -0.4 is 14.2 Å². The van der Waals surface area contributed by atoms with Gasteiger partial charge in [-0.3, -0.25) is 4.79 Å². The van der Waals surface area contributed by atoms with E-state index in [1.54, 1.807) is 6.07 Å². The van der Waals surface area contributed by atoms with Crippen molar-refractivity contribution >= 4 is 5.97 Å². The lowest BCUT2D eigenvalue weighted by Crippen LogP contribution is -2.12. The SMILES string of the molecule is COC(=O)C[C@@H]1COc2cc(O[C@@H]3CCc4c(-c5c(C)cc(OC6CCC(C)C6)cc5C)ccc(F)c43)ccc21. The number of hydrogen-bond donors (Lipinski definition) is 0. The number of carbonyl (C=O) groups excluding carboxylic acids is 1. The minimum Gasteiger partial charge on any atom is -0.492 e. The van der Waals surface area contributed by atoms with Gasteiger partial charge < -0.3 is 18.9 Å². The lowest BCUT2D eigenvalue weighted by Gasteiger charge is -2.20. The zero-order valence-corrected chi connectivity index (χ0v) is 23.7. The Morgan fingerprint density at radius 2 is 1.80 bits per heavy atom. The van der Waals surface area contributed by atoms with Gasteiger partial charge in [-0.25, -0.2) is 4.39 Å². The van der Waals surface area contributed by atoms with Gasteiger partial charge in [0.25, 0.3) is 0 Å². The van der Waals surface area contributed by atoms with E-state index in [1.165, 1.54) is 13.5 Å². The number of fused-ring (bicyclic) bond motifs is 2. The standard InChI is InChI=1S/C34H37FO5/c1-19-5-6-23(13-19)39-25-14-20(2)33(21(3)15-25)27-9-11-29(35)34-28(27)10-12-30(34)40-24-7-8-26-22(16-32(36)37-4)18-38-31(26)17-24/h7-9,11,14-15,17,19,22-23,30H,5-6,10,12-13,16,18H2,1-4H3/t19?,22-,23?,30-/m1/s1. The molecule has 1 aliphatic heterocycles. The predicted molar refractivity (Wildman–Crippen MR) is 152 cm³/mol. The van der Waals surface area contributed by atoms with E-state index < -0.39 is 0 Å². The summed E-state index contributed by atoms with van der Waals surface area (Å²) in [4.78, 5) is 11.7. The van der Waals surface area contributed by atoms with Crippen molar-refractivity contribution in [1.29, 1.82) is 0 Å². The van der Waals surface area contributed by atoms with Crippen molar-refractivity contribution in [3.8, 4) is 28.4 Å². The summed E-state index contributed by atoms with van der Waals surface area (Å²) in [6.07, 6.45) is 5.07. The topological polar surface area (TPSA) is 54.0 Å². The highest BCUT2D eigenvalue weighted by Gasteiger charge is 2.32. The number of hydrogen-bond acceptors (Lipinski definition) is 5. The highest BCUT2D eigenvalue weighted by atomic mass is 19.1. The number of methoxy groups -OCH3 is 1. The second-order valence-corrected chi connectivity index (χ2v) is 11.7. The van der Waals surface area contributed by atoms with Gasteiger partial charge in [-0.2, -0.15) is 0 Å². The molecule has 2 aliphatic carbocycles. The molecule has 0 radical (unpaired) electrons. The van der Waals surface area contributed by atoms with Crippen molar-refractivity contribution in [3.05, 3.63) is 76.1 Å². The number of ether oxygens (including phenoxy) is 4. The van der Waals surface area contributed by atoms with Crippen LogP contribution in [0.1, 0.15) is 78.9 Å². The molecule has 0 saturated heterocycles. The fourth-order valence-electron chi connectivity index (χ4n) is 6.84.